The van der Waals surface area contributed by atoms with Crippen LogP contribution in [0.4, 0.5) is 0 Å². The molecule has 0 aromatic heterocycles. The van der Waals surface area contributed by atoms with Crippen molar-refractivity contribution in [1.82, 2.24) is 4.90 Å². The maximum absolute atomic E-state index is 10.2. The molecule has 0 aromatic carbocycles. The van der Waals surface area contributed by atoms with Crippen molar-refractivity contribution in [1.29, 1.82) is 0 Å². The van der Waals surface area contributed by atoms with Gasteiger partial charge in [0.2, 0.25) is 0 Å². The van der Waals surface area contributed by atoms with Crippen LogP contribution < -0.4 is 0 Å². The van der Waals surface area contributed by atoms with Gasteiger partial charge in [0.15, 0.2) is 0 Å². The first kappa shape index (κ1) is 12.0. The number of likely N-dealkylation sites (tertiary alicyclic amines) is 1. The zero-order valence-electron chi connectivity index (χ0n) is 8.95. The van der Waals surface area contributed by atoms with Crippen molar-refractivity contribution >= 4 is 0 Å². The Morgan fingerprint density at radius 1 is 1.07 bits per heavy atom. The van der Waals surface area contributed by atoms with Gasteiger partial charge in [-0.1, -0.05) is 12.8 Å². The topological polar surface area (TPSA) is 43.4 Å². The summed E-state index contributed by atoms with van der Waals surface area (Å²) in [5.74, 6) is 0. The first-order valence-corrected chi connectivity index (χ1v) is 5.81. The minimum Gasteiger partial charge on any atom is -0.393 e. The summed E-state index contributed by atoms with van der Waals surface area (Å²) in [7, 11) is 0. The first-order valence-electron chi connectivity index (χ1n) is 5.81. The molecular formula is C11H22NO2. The van der Waals surface area contributed by atoms with E-state index < -0.39 is 0 Å². The molecule has 0 spiro atoms. The van der Waals surface area contributed by atoms with Gasteiger partial charge in [0.25, 0.3) is 0 Å². The number of aliphatic hydroxyl groups excluding tert-OH is 1. The normalized spacial score (nSPS) is 20.1. The van der Waals surface area contributed by atoms with Crippen LogP contribution in [-0.2, 0) is 5.11 Å². The van der Waals surface area contributed by atoms with Gasteiger partial charge in [-0.3, -0.25) is 0 Å². The highest BCUT2D eigenvalue weighted by atomic mass is 16.3. The fraction of sp³-hybridized carbons (Fsp3) is 1.00. The Bertz CT molecular complexity index is 133. The minimum atomic E-state index is -0.0632. The van der Waals surface area contributed by atoms with Gasteiger partial charge in [-0.05, 0) is 32.2 Å². The Hall–Kier alpha value is -0.120. The van der Waals surface area contributed by atoms with Gasteiger partial charge in [-0.15, -0.1) is 0 Å². The van der Waals surface area contributed by atoms with Gasteiger partial charge >= 0.3 is 0 Å². The Kier molecular flexibility index (Phi) is 6.15. The van der Waals surface area contributed by atoms with Crippen molar-refractivity contribution in [2.75, 3.05) is 26.2 Å². The zero-order chi connectivity index (χ0) is 10.2. The van der Waals surface area contributed by atoms with E-state index in [0.717, 1.165) is 45.3 Å². The molecule has 0 amide bonds. The van der Waals surface area contributed by atoms with Gasteiger partial charge in [0.1, 0.15) is 0 Å². The molecule has 1 fully saturated rings. The standard InChI is InChI=1S/C11H22NO2/c13-10-4-2-1-3-7-12-8-5-11(14)6-9-12/h11,14H,1-10H2. The van der Waals surface area contributed by atoms with Gasteiger partial charge in [-0.25, -0.2) is 5.11 Å². The number of aliphatic hydroxyl groups is 1. The van der Waals surface area contributed by atoms with Crippen molar-refractivity contribution in [2.24, 2.45) is 0 Å². The molecule has 1 radical (unpaired) electrons. The summed E-state index contributed by atoms with van der Waals surface area (Å²) in [5.41, 5.74) is 0. The fourth-order valence-corrected chi connectivity index (χ4v) is 1.93. The van der Waals surface area contributed by atoms with Gasteiger partial charge < -0.3 is 10.0 Å². The lowest BCUT2D eigenvalue weighted by Crippen LogP contribution is -2.36. The Balaban J connectivity index is 1.91. The number of unbranched alkanes of at least 4 members (excludes halogenated alkanes) is 3. The van der Waals surface area contributed by atoms with Crippen molar-refractivity contribution in [3.63, 3.8) is 0 Å². The van der Waals surface area contributed by atoms with Crippen molar-refractivity contribution < 1.29 is 10.2 Å². The summed E-state index contributed by atoms with van der Waals surface area (Å²) in [5, 5.41) is 19.5. The van der Waals surface area contributed by atoms with E-state index in [-0.39, 0.29) is 12.7 Å². The lowest BCUT2D eigenvalue weighted by Gasteiger charge is -2.29. The van der Waals surface area contributed by atoms with Crippen LogP contribution in [0, 0.1) is 0 Å². The van der Waals surface area contributed by atoms with Crippen molar-refractivity contribution in [3.8, 4) is 0 Å². The maximum atomic E-state index is 10.2. The van der Waals surface area contributed by atoms with Crippen LogP contribution in [-0.4, -0.2) is 42.4 Å². The van der Waals surface area contributed by atoms with Gasteiger partial charge in [-0.2, -0.15) is 0 Å². The lowest BCUT2D eigenvalue weighted by molar-refractivity contribution is 0.0816. The highest BCUT2D eigenvalue weighted by Crippen LogP contribution is 2.11. The molecule has 0 aromatic rings. The fourth-order valence-electron chi connectivity index (χ4n) is 1.93. The van der Waals surface area contributed by atoms with Crippen LogP contribution in [0.2, 0.25) is 0 Å². The number of hydrogen-bond donors (Lipinski definition) is 1. The van der Waals surface area contributed by atoms with E-state index in [1.807, 2.05) is 0 Å². The molecule has 0 unspecified atom stereocenters. The molecule has 3 nitrogen and oxygen atoms in total. The monoisotopic (exact) mass is 200 g/mol. The summed E-state index contributed by atoms with van der Waals surface area (Å²) in [4.78, 5) is 2.42. The van der Waals surface area contributed by atoms with Crippen LogP contribution >= 0.6 is 0 Å². The molecule has 1 heterocycles. The van der Waals surface area contributed by atoms with Crippen LogP contribution in [0.15, 0.2) is 0 Å². The molecule has 14 heavy (non-hydrogen) atoms. The predicted octanol–water partition coefficient (Wildman–Crippen LogP) is 1.43. The third-order valence-corrected chi connectivity index (χ3v) is 2.93. The molecule has 0 saturated carbocycles. The average Bonchev–Trinajstić information content (AvgIpc) is 2.21. The SMILES string of the molecule is [O]CCCCCCN1CCC(O)CC1. The summed E-state index contributed by atoms with van der Waals surface area (Å²) < 4.78 is 0. The summed E-state index contributed by atoms with van der Waals surface area (Å²) in [6.07, 6.45) is 6.10. The highest BCUT2D eigenvalue weighted by Gasteiger charge is 2.15. The molecule has 0 bridgehead atoms. The Labute approximate surface area is 86.7 Å². The van der Waals surface area contributed by atoms with E-state index in [0.29, 0.717) is 0 Å². The maximum Gasteiger partial charge on any atom is 0.0822 e. The smallest absolute Gasteiger partial charge is 0.0822 e. The third-order valence-electron chi connectivity index (χ3n) is 2.93. The van der Waals surface area contributed by atoms with Crippen molar-refractivity contribution in [3.05, 3.63) is 0 Å². The minimum absolute atomic E-state index is 0.0632. The van der Waals surface area contributed by atoms with Crippen molar-refractivity contribution in [2.45, 2.75) is 44.6 Å². The zero-order valence-corrected chi connectivity index (χ0v) is 8.95. The average molecular weight is 200 g/mol. The van der Waals surface area contributed by atoms with E-state index in [1.54, 1.807) is 0 Å². The third kappa shape index (κ3) is 4.94. The van der Waals surface area contributed by atoms with Crippen LogP contribution in [0.3, 0.4) is 0 Å². The molecule has 1 rings (SSSR count). The molecule has 3 heteroatoms. The Morgan fingerprint density at radius 2 is 1.71 bits per heavy atom. The van der Waals surface area contributed by atoms with E-state index in [4.69, 9.17) is 0 Å². The summed E-state index contributed by atoms with van der Waals surface area (Å²) in [6, 6.07) is 0. The number of piperidine rings is 1. The van der Waals surface area contributed by atoms with E-state index in [9.17, 15) is 10.2 Å². The van der Waals surface area contributed by atoms with Gasteiger partial charge in [0, 0.05) is 13.1 Å². The second-order valence-electron chi connectivity index (χ2n) is 4.19. The highest BCUT2D eigenvalue weighted by molar-refractivity contribution is 4.70. The molecule has 1 N–H and O–H groups in total. The van der Waals surface area contributed by atoms with E-state index in [2.05, 4.69) is 4.90 Å². The number of nitrogens with zero attached hydrogens (tertiary/aromatic N) is 1. The second kappa shape index (κ2) is 7.21. The first-order chi connectivity index (χ1) is 6.83. The second-order valence-corrected chi connectivity index (χ2v) is 4.19. The van der Waals surface area contributed by atoms with E-state index >= 15 is 0 Å². The number of rotatable bonds is 6. The largest absolute Gasteiger partial charge is 0.393 e. The molecule has 1 saturated heterocycles. The molecule has 1 aliphatic heterocycles. The summed E-state index contributed by atoms with van der Waals surface area (Å²) >= 11 is 0. The summed E-state index contributed by atoms with van der Waals surface area (Å²) in [6.45, 7) is 3.31. The van der Waals surface area contributed by atoms with E-state index in [1.165, 1.54) is 12.8 Å². The molecule has 0 atom stereocenters. The molecule has 1 aliphatic rings. The number of hydrogen-bond acceptors (Lipinski definition) is 2. The molecular weight excluding hydrogens is 178 g/mol. The predicted molar refractivity (Wildman–Crippen MR) is 55.7 cm³/mol. The van der Waals surface area contributed by atoms with Crippen LogP contribution in [0.5, 0.6) is 0 Å². The van der Waals surface area contributed by atoms with Crippen LogP contribution in [0.1, 0.15) is 38.5 Å². The lowest BCUT2D eigenvalue weighted by atomic mass is 10.1. The van der Waals surface area contributed by atoms with Gasteiger partial charge in [0.05, 0.1) is 12.7 Å². The molecule has 83 valence electrons. The quantitative estimate of drug-likeness (QED) is 0.659. The van der Waals surface area contributed by atoms with Crippen LogP contribution in [0.25, 0.3) is 0 Å². The molecule has 0 aliphatic carbocycles. The Morgan fingerprint density at radius 3 is 2.36 bits per heavy atom.